The minimum absolute atomic E-state index is 0.0535. The zero-order valence-electron chi connectivity index (χ0n) is 30.8. The maximum absolute atomic E-state index is 6.84. The quantitative estimate of drug-likeness (QED) is 0.177. The number of rotatable bonds is 5. The highest BCUT2D eigenvalue weighted by Gasteiger charge is 2.35. The average Bonchev–Trinajstić information content (AvgIpc) is 3.72. The normalized spacial score (nSPS) is 13.1. The number of hydrogen-bond donors (Lipinski definition) is 0. The summed E-state index contributed by atoms with van der Waals surface area (Å²) in [6.45, 7) is 4.68. The molecule has 0 radical (unpaired) electrons. The van der Waals surface area contributed by atoms with Gasteiger partial charge in [0.1, 0.15) is 11.2 Å². The molecular formula is C53H37NO. The molecule has 0 atom stereocenters. The van der Waals surface area contributed by atoms with Gasteiger partial charge in [-0.2, -0.15) is 0 Å². The molecule has 0 bridgehead atoms. The second kappa shape index (κ2) is 12.1. The molecule has 2 heteroatoms. The molecule has 1 aliphatic rings. The number of anilines is 3. The van der Waals surface area contributed by atoms with Crippen molar-refractivity contribution < 1.29 is 4.42 Å². The van der Waals surface area contributed by atoms with E-state index in [-0.39, 0.29) is 5.41 Å². The van der Waals surface area contributed by atoms with Gasteiger partial charge in [-0.05, 0) is 110 Å². The molecule has 0 saturated heterocycles. The molecule has 0 N–H and O–H groups in total. The van der Waals surface area contributed by atoms with E-state index in [2.05, 4.69) is 207 Å². The minimum atomic E-state index is -0.0535. The monoisotopic (exact) mass is 703 g/mol. The summed E-state index contributed by atoms with van der Waals surface area (Å²) in [5, 5.41) is 6.95. The maximum Gasteiger partial charge on any atom is 0.143 e. The van der Waals surface area contributed by atoms with Crippen LogP contribution >= 0.6 is 0 Å². The lowest BCUT2D eigenvalue weighted by atomic mass is 9.81. The number of furan rings is 1. The standard InChI is InChI=1S/C53H37NO/c1-53(2)48-19-11-10-16-42(48)43-28-24-38(31-49(43)53)39-25-29-45-47-33-50(44-17-8-9-18-46(44)52(47)55-51(45)32-39)54(40-14-4-3-5-15-40)41-26-22-35(23-27-41)37-21-20-34-12-6-7-13-36(34)30-37/h3-33H,1-2H3. The van der Waals surface area contributed by atoms with E-state index in [4.69, 9.17) is 4.42 Å². The maximum atomic E-state index is 6.84. The summed E-state index contributed by atoms with van der Waals surface area (Å²) in [6, 6.07) is 68.3. The Morgan fingerprint density at radius 3 is 1.87 bits per heavy atom. The van der Waals surface area contributed by atoms with Crippen LogP contribution < -0.4 is 4.90 Å². The molecule has 10 aromatic rings. The molecule has 1 aromatic heterocycles. The van der Waals surface area contributed by atoms with E-state index in [1.165, 1.54) is 49.7 Å². The fourth-order valence-corrected chi connectivity index (χ4v) is 9.00. The van der Waals surface area contributed by atoms with Crippen molar-refractivity contribution in [1.82, 2.24) is 0 Å². The largest absolute Gasteiger partial charge is 0.455 e. The molecule has 55 heavy (non-hydrogen) atoms. The Labute approximate surface area is 320 Å². The third-order valence-electron chi connectivity index (χ3n) is 11.8. The summed E-state index contributed by atoms with van der Waals surface area (Å²) >= 11 is 0. The number of para-hydroxylation sites is 1. The summed E-state index contributed by atoms with van der Waals surface area (Å²) in [6.07, 6.45) is 0. The van der Waals surface area contributed by atoms with Crippen molar-refractivity contribution in [2.75, 3.05) is 4.90 Å². The van der Waals surface area contributed by atoms with Crippen molar-refractivity contribution in [2.45, 2.75) is 19.3 Å². The van der Waals surface area contributed by atoms with Gasteiger partial charge in [0.15, 0.2) is 0 Å². The Morgan fingerprint density at radius 2 is 1.02 bits per heavy atom. The molecule has 11 rings (SSSR count). The van der Waals surface area contributed by atoms with Crippen LogP contribution in [-0.2, 0) is 5.41 Å². The van der Waals surface area contributed by atoms with E-state index >= 15 is 0 Å². The van der Waals surface area contributed by atoms with E-state index in [0.717, 1.165) is 55.3 Å². The molecule has 9 aromatic carbocycles. The van der Waals surface area contributed by atoms with Gasteiger partial charge in [-0.15, -0.1) is 0 Å². The van der Waals surface area contributed by atoms with Crippen LogP contribution in [0.25, 0.3) is 76.9 Å². The lowest BCUT2D eigenvalue weighted by Crippen LogP contribution is -2.14. The molecule has 2 nitrogen and oxygen atoms in total. The van der Waals surface area contributed by atoms with Crippen molar-refractivity contribution in [3.05, 3.63) is 199 Å². The van der Waals surface area contributed by atoms with Crippen LogP contribution in [-0.4, -0.2) is 0 Å². The van der Waals surface area contributed by atoms with E-state index in [0.29, 0.717) is 0 Å². The highest BCUT2D eigenvalue weighted by molar-refractivity contribution is 6.20. The summed E-state index contributed by atoms with van der Waals surface area (Å²) in [5.41, 5.74) is 15.3. The van der Waals surface area contributed by atoms with Crippen molar-refractivity contribution in [2.24, 2.45) is 0 Å². The Balaban J connectivity index is 1.04. The van der Waals surface area contributed by atoms with E-state index in [1.807, 2.05) is 0 Å². The second-order valence-corrected chi connectivity index (χ2v) is 15.3. The zero-order valence-corrected chi connectivity index (χ0v) is 30.8. The van der Waals surface area contributed by atoms with E-state index in [9.17, 15) is 0 Å². The fraction of sp³-hybridized carbons (Fsp3) is 0.0566. The molecule has 260 valence electrons. The van der Waals surface area contributed by atoms with E-state index < -0.39 is 0 Å². The molecule has 0 saturated carbocycles. The predicted molar refractivity (Wildman–Crippen MR) is 232 cm³/mol. The third kappa shape index (κ3) is 4.95. The van der Waals surface area contributed by atoms with Crippen LogP contribution in [0.4, 0.5) is 17.1 Å². The first kappa shape index (κ1) is 31.6. The van der Waals surface area contributed by atoms with Gasteiger partial charge in [-0.1, -0.05) is 147 Å². The highest BCUT2D eigenvalue weighted by atomic mass is 16.3. The fourth-order valence-electron chi connectivity index (χ4n) is 9.00. The smallest absolute Gasteiger partial charge is 0.143 e. The second-order valence-electron chi connectivity index (χ2n) is 15.3. The number of benzene rings is 9. The molecule has 0 aliphatic heterocycles. The molecular weight excluding hydrogens is 667 g/mol. The molecule has 1 aliphatic carbocycles. The van der Waals surface area contributed by atoms with Crippen molar-refractivity contribution in [3.8, 4) is 33.4 Å². The zero-order chi connectivity index (χ0) is 36.7. The van der Waals surface area contributed by atoms with Gasteiger partial charge in [0.2, 0.25) is 0 Å². The number of fused-ring (bicyclic) bond motifs is 9. The first-order valence-electron chi connectivity index (χ1n) is 19.1. The van der Waals surface area contributed by atoms with Crippen molar-refractivity contribution in [3.63, 3.8) is 0 Å². The first-order valence-corrected chi connectivity index (χ1v) is 19.1. The van der Waals surface area contributed by atoms with Gasteiger partial charge in [0.25, 0.3) is 0 Å². The Morgan fingerprint density at radius 1 is 0.400 bits per heavy atom. The summed E-state index contributed by atoms with van der Waals surface area (Å²) in [7, 11) is 0. The van der Waals surface area contributed by atoms with Gasteiger partial charge in [-0.3, -0.25) is 0 Å². The summed E-state index contributed by atoms with van der Waals surface area (Å²) in [4.78, 5) is 2.38. The van der Waals surface area contributed by atoms with Gasteiger partial charge in [-0.25, -0.2) is 0 Å². The van der Waals surface area contributed by atoms with Gasteiger partial charge in [0.05, 0.1) is 5.69 Å². The Bertz CT molecular complexity index is 3110. The van der Waals surface area contributed by atoms with Gasteiger partial charge < -0.3 is 9.32 Å². The molecule has 0 amide bonds. The molecule has 1 heterocycles. The predicted octanol–water partition coefficient (Wildman–Crippen LogP) is 15.0. The summed E-state index contributed by atoms with van der Waals surface area (Å²) < 4.78 is 6.84. The van der Waals surface area contributed by atoms with Crippen molar-refractivity contribution in [1.29, 1.82) is 0 Å². The Kier molecular flexibility index (Phi) is 6.93. The highest BCUT2D eigenvalue weighted by Crippen LogP contribution is 2.50. The van der Waals surface area contributed by atoms with Crippen LogP contribution in [0.3, 0.4) is 0 Å². The van der Waals surface area contributed by atoms with Crippen LogP contribution in [0.2, 0.25) is 0 Å². The summed E-state index contributed by atoms with van der Waals surface area (Å²) in [5.74, 6) is 0. The van der Waals surface area contributed by atoms with Crippen LogP contribution in [0.5, 0.6) is 0 Å². The SMILES string of the molecule is CC1(C)c2ccccc2-c2ccc(-c3ccc4c(c3)oc3c5ccccc5c(N(c5ccccc5)c5ccc(-c6ccc7ccccc7c6)cc5)cc43)cc21. The van der Waals surface area contributed by atoms with E-state index in [1.54, 1.807) is 0 Å². The van der Waals surface area contributed by atoms with Crippen LogP contribution in [0.1, 0.15) is 25.0 Å². The molecule has 0 unspecified atom stereocenters. The lowest BCUT2D eigenvalue weighted by Gasteiger charge is -2.27. The first-order chi connectivity index (χ1) is 27.0. The molecule has 0 fully saturated rings. The number of nitrogens with zero attached hydrogens (tertiary/aromatic N) is 1. The van der Waals surface area contributed by atoms with Gasteiger partial charge >= 0.3 is 0 Å². The third-order valence-corrected chi connectivity index (χ3v) is 11.8. The van der Waals surface area contributed by atoms with Crippen LogP contribution in [0, 0.1) is 0 Å². The van der Waals surface area contributed by atoms with Gasteiger partial charge in [0, 0.05) is 38.3 Å². The topological polar surface area (TPSA) is 16.4 Å². The average molecular weight is 704 g/mol. The minimum Gasteiger partial charge on any atom is -0.455 e. The van der Waals surface area contributed by atoms with Crippen molar-refractivity contribution >= 4 is 60.5 Å². The lowest BCUT2D eigenvalue weighted by molar-refractivity contribution is 0.660. The number of hydrogen-bond acceptors (Lipinski definition) is 2. The van der Waals surface area contributed by atoms with Crippen LogP contribution in [0.15, 0.2) is 192 Å². The molecule has 0 spiro atoms. The Hall–Kier alpha value is -6.90.